The number of benzene rings is 1. The molecule has 0 unspecified atom stereocenters. The lowest BCUT2D eigenvalue weighted by Crippen LogP contribution is -2.47. The number of anilines is 3. The molecule has 7 heteroatoms. The highest BCUT2D eigenvalue weighted by Gasteiger charge is 2.20. The van der Waals surface area contributed by atoms with Crippen LogP contribution in [0.5, 0.6) is 0 Å². The van der Waals surface area contributed by atoms with E-state index in [2.05, 4.69) is 19.8 Å². The predicted octanol–water partition coefficient (Wildman–Crippen LogP) is 2.69. The zero-order chi connectivity index (χ0) is 14.8. The SMILES string of the molecule is Nc1ncc(Cl)c(N2CCN(c3ccc(Cl)cc3)CC2)n1. The fraction of sp³-hybridized carbons (Fsp3) is 0.286. The van der Waals surface area contributed by atoms with Gasteiger partial charge in [0, 0.05) is 36.9 Å². The first kappa shape index (κ1) is 14.2. The van der Waals surface area contributed by atoms with Gasteiger partial charge >= 0.3 is 0 Å². The molecule has 0 amide bonds. The van der Waals surface area contributed by atoms with Crippen LogP contribution in [0.3, 0.4) is 0 Å². The summed E-state index contributed by atoms with van der Waals surface area (Å²) in [4.78, 5) is 12.6. The molecule has 0 spiro atoms. The van der Waals surface area contributed by atoms with E-state index in [0.29, 0.717) is 10.8 Å². The second-order valence-corrected chi connectivity index (χ2v) is 5.69. The van der Waals surface area contributed by atoms with Crippen LogP contribution in [0.4, 0.5) is 17.5 Å². The third kappa shape index (κ3) is 3.14. The summed E-state index contributed by atoms with van der Waals surface area (Å²) >= 11 is 12.1. The number of halogens is 2. The lowest BCUT2D eigenvalue weighted by molar-refractivity contribution is 0.647. The van der Waals surface area contributed by atoms with Gasteiger partial charge in [-0.3, -0.25) is 0 Å². The lowest BCUT2D eigenvalue weighted by Gasteiger charge is -2.37. The Bertz CT molecular complexity index is 624. The Kier molecular flexibility index (Phi) is 4.03. The Balaban J connectivity index is 1.70. The molecule has 0 atom stereocenters. The van der Waals surface area contributed by atoms with Crippen molar-refractivity contribution in [1.82, 2.24) is 9.97 Å². The number of aromatic nitrogens is 2. The Labute approximate surface area is 133 Å². The van der Waals surface area contributed by atoms with Gasteiger partial charge in [0.15, 0.2) is 5.82 Å². The maximum Gasteiger partial charge on any atom is 0.222 e. The fourth-order valence-corrected chi connectivity index (χ4v) is 2.76. The minimum Gasteiger partial charge on any atom is -0.368 e. The minimum atomic E-state index is 0.245. The van der Waals surface area contributed by atoms with E-state index < -0.39 is 0 Å². The fourth-order valence-electron chi connectivity index (χ4n) is 2.42. The monoisotopic (exact) mass is 323 g/mol. The maximum absolute atomic E-state index is 6.15. The minimum absolute atomic E-state index is 0.245. The number of nitrogen functional groups attached to an aromatic ring is 1. The van der Waals surface area contributed by atoms with E-state index >= 15 is 0 Å². The largest absolute Gasteiger partial charge is 0.368 e. The Morgan fingerprint density at radius 1 is 0.952 bits per heavy atom. The summed E-state index contributed by atoms with van der Waals surface area (Å²) in [6, 6.07) is 7.89. The third-order valence-electron chi connectivity index (χ3n) is 3.52. The normalized spacial score (nSPS) is 15.3. The van der Waals surface area contributed by atoms with Gasteiger partial charge in [-0.2, -0.15) is 4.98 Å². The van der Waals surface area contributed by atoms with Crippen molar-refractivity contribution in [2.75, 3.05) is 41.7 Å². The van der Waals surface area contributed by atoms with Crippen molar-refractivity contribution in [3.05, 3.63) is 40.5 Å². The lowest BCUT2D eigenvalue weighted by atomic mass is 10.2. The van der Waals surface area contributed by atoms with Crippen LogP contribution in [0.2, 0.25) is 10.0 Å². The first-order chi connectivity index (χ1) is 10.1. The van der Waals surface area contributed by atoms with E-state index in [1.165, 1.54) is 5.69 Å². The molecule has 0 saturated carbocycles. The Hall–Kier alpha value is -1.72. The molecule has 1 aliphatic rings. The summed E-state index contributed by atoms with van der Waals surface area (Å²) in [5.74, 6) is 0.953. The van der Waals surface area contributed by atoms with Crippen molar-refractivity contribution >= 4 is 40.7 Å². The van der Waals surface area contributed by atoms with Gasteiger partial charge in [0.2, 0.25) is 5.95 Å². The van der Waals surface area contributed by atoms with E-state index in [9.17, 15) is 0 Å². The molecule has 1 saturated heterocycles. The zero-order valence-electron chi connectivity index (χ0n) is 11.3. The summed E-state index contributed by atoms with van der Waals surface area (Å²) in [7, 11) is 0. The quantitative estimate of drug-likeness (QED) is 0.920. The highest BCUT2D eigenvalue weighted by Crippen LogP contribution is 2.26. The van der Waals surface area contributed by atoms with E-state index in [0.717, 1.165) is 31.2 Å². The van der Waals surface area contributed by atoms with Crippen LogP contribution in [0, 0.1) is 0 Å². The average molecular weight is 324 g/mol. The van der Waals surface area contributed by atoms with Crippen LogP contribution in [-0.4, -0.2) is 36.1 Å². The number of nitrogens with zero attached hydrogens (tertiary/aromatic N) is 4. The smallest absolute Gasteiger partial charge is 0.222 e. The molecule has 2 N–H and O–H groups in total. The van der Waals surface area contributed by atoms with E-state index in [1.807, 2.05) is 24.3 Å². The first-order valence-corrected chi connectivity index (χ1v) is 7.42. The highest BCUT2D eigenvalue weighted by atomic mass is 35.5. The highest BCUT2D eigenvalue weighted by molar-refractivity contribution is 6.32. The van der Waals surface area contributed by atoms with Crippen molar-refractivity contribution in [2.45, 2.75) is 0 Å². The molecule has 1 aromatic carbocycles. The molecule has 21 heavy (non-hydrogen) atoms. The first-order valence-electron chi connectivity index (χ1n) is 6.67. The van der Waals surface area contributed by atoms with Crippen molar-refractivity contribution in [3.8, 4) is 0 Å². The van der Waals surface area contributed by atoms with E-state index in [4.69, 9.17) is 28.9 Å². The van der Waals surface area contributed by atoms with Gasteiger partial charge in [0.25, 0.3) is 0 Å². The molecular formula is C14H15Cl2N5. The molecule has 0 radical (unpaired) electrons. The number of rotatable bonds is 2. The van der Waals surface area contributed by atoms with Crippen molar-refractivity contribution in [2.24, 2.45) is 0 Å². The molecule has 2 heterocycles. The second kappa shape index (κ2) is 5.95. The molecule has 3 rings (SSSR count). The Morgan fingerprint density at radius 3 is 2.24 bits per heavy atom. The number of hydrogen-bond donors (Lipinski definition) is 1. The van der Waals surface area contributed by atoms with Gasteiger partial charge in [-0.15, -0.1) is 0 Å². The van der Waals surface area contributed by atoms with Gasteiger partial charge in [-0.1, -0.05) is 23.2 Å². The number of piperazine rings is 1. The zero-order valence-corrected chi connectivity index (χ0v) is 12.8. The van der Waals surface area contributed by atoms with Crippen LogP contribution in [0.1, 0.15) is 0 Å². The van der Waals surface area contributed by atoms with Gasteiger partial charge in [0.05, 0.1) is 6.20 Å². The van der Waals surface area contributed by atoms with Gasteiger partial charge in [-0.25, -0.2) is 4.98 Å². The molecule has 110 valence electrons. The maximum atomic E-state index is 6.15. The molecule has 1 aromatic heterocycles. The summed E-state index contributed by atoms with van der Waals surface area (Å²) in [6.45, 7) is 3.45. The molecule has 5 nitrogen and oxygen atoms in total. The standard InChI is InChI=1S/C14H15Cl2N5/c15-10-1-3-11(4-2-10)20-5-7-21(8-6-20)13-12(16)9-18-14(17)19-13/h1-4,9H,5-8H2,(H2,17,18,19). The summed E-state index contributed by atoms with van der Waals surface area (Å²) in [5, 5.41) is 1.28. The predicted molar refractivity (Wildman–Crippen MR) is 87.3 cm³/mol. The Morgan fingerprint density at radius 2 is 1.57 bits per heavy atom. The topological polar surface area (TPSA) is 58.3 Å². The van der Waals surface area contributed by atoms with Gasteiger partial charge in [0.1, 0.15) is 5.02 Å². The van der Waals surface area contributed by atoms with E-state index in [-0.39, 0.29) is 5.95 Å². The van der Waals surface area contributed by atoms with Crippen LogP contribution < -0.4 is 15.5 Å². The number of hydrogen-bond acceptors (Lipinski definition) is 5. The number of nitrogens with two attached hydrogens (primary N) is 1. The molecule has 2 aromatic rings. The molecule has 1 fully saturated rings. The van der Waals surface area contributed by atoms with E-state index in [1.54, 1.807) is 6.20 Å². The van der Waals surface area contributed by atoms with Gasteiger partial charge < -0.3 is 15.5 Å². The molecule has 1 aliphatic heterocycles. The molecular weight excluding hydrogens is 309 g/mol. The third-order valence-corrected chi connectivity index (χ3v) is 4.03. The van der Waals surface area contributed by atoms with Crippen LogP contribution in [0.25, 0.3) is 0 Å². The summed E-state index contributed by atoms with van der Waals surface area (Å²) < 4.78 is 0. The van der Waals surface area contributed by atoms with Gasteiger partial charge in [-0.05, 0) is 24.3 Å². The van der Waals surface area contributed by atoms with Crippen LogP contribution >= 0.6 is 23.2 Å². The van der Waals surface area contributed by atoms with Crippen LogP contribution in [-0.2, 0) is 0 Å². The summed E-state index contributed by atoms with van der Waals surface area (Å²) in [6.07, 6.45) is 1.55. The molecule has 0 aliphatic carbocycles. The van der Waals surface area contributed by atoms with Crippen molar-refractivity contribution < 1.29 is 0 Å². The second-order valence-electron chi connectivity index (χ2n) is 4.85. The van der Waals surface area contributed by atoms with Crippen molar-refractivity contribution in [1.29, 1.82) is 0 Å². The average Bonchev–Trinajstić information content (AvgIpc) is 2.51. The summed E-state index contributed by atoms with van der Waals surface area (Å²) in [5.41, 5.74) is 6.81. The molecule has 0 bridgehead atoms. The van der Waals surface area contributed by atoms with Crippen molar-refractivity contribution in [3.63, 3.8) is 0 Å². The van der Waals surface area contributed by atoms with Crippen LogP contribution in [0.15, 0.2) is 30.5 Å².